The number of aryl methyl sites for hydroxylation is 2. The first-order valence-corrected chi connectivity index (χ1v) is 10.7. The first-order valence-electron chi connectivity index (χ1n) is 10.7. The van der Waals surface area contributed by atoms with E-state index in [1.165, 1.54) is 14.2 Å². The molecule has 0 aromatic heterocycles. The Morgan fingerprint density at radius 3 is 2.13 bits per heavy atom. The lowest BCUT2D eigenvalue weighted by Crippen LogP contribution is -2.47. The molecule has 3 rings (SSSR count). The van der Waals surface area contributed by atoms with Gasteiger partial charge in [0.2, 0.25) is 0 Å². The van der Waals surface area contributed by atoms with Gasteiger partial charge in [-0.15, -0.1) is 0 Å². The van der Waals surface area contributed by atoms with Gasteiger partial charge in [-0.25, -0.2) is 0 Å². The molecule has 0 radical (unpaired) electrons. The van der Waals surface area contributed by atoms with E-state index >= 15 is 0 Å². The highest BCUT2D eigenvalue weighted by Gasteiger charge is 2.32. The standard InChI is InChI=1S/C25H32N2O4/c1-15-10-11-19(16(2)12-15)24(28)26-21-14-23(31-6)22(30-5)13-20(21)25(29)27-17(3)8-7-9-18(27)4/h10-14,17-18H,7-9H2,1-6H3,(H,26,28)/t17-,18-/m0/s1. The molecule has 31 heavy (non-hydrogen) atoms. The molecule has 2 aromatic carbocycles. The minimum Gasteiger partial charge on any atom is -0.493 e. The Morgan fingerprint density at radius 2 is 1.55 bits per heavy atom. The Labute approximate surface area is 184 Å². The van der Waals surface area contributed by atoms with Crippen molar-refractivity contribution in [1.82, 2.24) is 4.90 Å². The van der Waals surface area contributed by atoms with Gasteiger partial charge in [-0.1, -0.05) is 17.7 Å². The van der Waals surface area contributed by atoms with Gasteiger partial charge in [0, 0.05) is 23.7 Å². The summed E-state index contributed by atoms with van der Waals surface area (Å²) in [5, 5.41) is 2.94. The van der Waals surface area contributed by atoms with Gasteiger partial charge >= 0.3 is 0 Å². The SMILES string of the molecule is COc1cc(NC(=O)c2ccc(C)cc2C)c(C(=O)N2[C@@H](C)CCC[C@@H]2C)cc1OC. The largest absolute Gasteiger partial charge is 0.493 e. The van der Waals surface area contributed by atoms with Crippen LogP contribution >= 0.6 is 0 Å². The molecule has 2 atom stereocenters. The number of hydrogen-bond donors (Lipinski definition) is 1. The van der Waals surface area contributed by atoms with E-state index in [9.17, 15) is 9.59 Å². The van der Waals surface area contributed by atoms with Gasteiger partial charge in [-0.05, 0) is 64.7 Å². The van der Waals surface area contributed by atoms with Crippen LogP contribution in [-0.2, 0) is 0 Å². The zero-order valence-electron chi connectivity index (χ0n) is 19.2. The molecule has 1 aliphatic rings. The minimum atomic E-state index is -0.265. The molecule has 1 aliphatic heterocycles. The maximum atomic E-state index is 13.6. The number of piperidine rings is 1. The summed E-state index contributed by atoms with van der Waals surface area (Å²) in [6.45, 7) is 8.03. The monoisotopic (exact) mass is 424 g/mol. The quantitative estimate of drug-likeness (QED) is 0.735. The second-order valence-corrected chi connectivity index (χ2v) is 8.37. The van der Waals surface area contributed by atoms with E-state index in [0.29, 0.717) is 28.3 Å². The highest BCUT2D eigenvalue weighted by molar-refractivity contribution is 6.10. The van der Waals surface area contributed by atoms with Gasteiger partial charge in [0.15, 0.2) is 11.5 Å². The molecule has 2 aromatic rings. The van der Waals surface area contributed by atoms with E-state index < -0.39 is 0 Å². The zero-order valence-corrected chi connectivity index (χ0v) is 19.2. The third-order valence-corrected chi connectivity index (χ3v) is 6.06. The summed E-state index contributed by atoms with van der Waals surface area (Å²) in [5.74, 6) is 0.525. The van der Waals surface area contributed by atoms with Crippen molar-refractivity contribution in [2.75, 3.05) is 19.5 Å². The third-order valence-electron chi connectivity index (χ3n) is 6.06. The topological polar surface area (TPSA) is 67.9 Å². The second-order valence-electron chi connectivity index (χ2n) is 8.37. The van der Waals surface area contributed by atoms with Gasteiger partial charge in [0.05, 0.1) is 25.5 Å². The van der Waals surface area contributed by atoms with Crippen molar-refractivity contribution < 1.29 is 19.1 Å². The number of nitrogens with zero attached hydrogens (tertiary/aromatic N) is 1. The van der Waals surface area contributed by atoms with Crippen molar-refractivity contribution in [3.63, 3.8) is 0 Å². The first-order chi connectivity index (χ1) is 14.8. The summed E-state index contributed by atoms with van der Waals surface area (Å²) < 4.78 is 10.9. The molecular weight excluding hydrogens is 392 g/mol. The number of amides is 2. The minimum absolute atomic E-state index is 0.114. The zero-order chi connectivity index (χ0) is 22.7. The van der Waals surface area contributed by atoms with Crippen molar-refractivity contribution in [3.8, 4) is 11.5 Å². The predicted octanol–water partition coefficient (Wildman–Crippen LogP) is 4.98. The molecule has 0 spiro atoms. The summed E-state index contributed by atoms with van der Waals surface area (Å²) in [6.07, 6.45) is 3.04. The van der Waals surface area contributed by atoms with Crippen LogP contribution in [0.4, 0.5) is 5.69 Å². The number of rotatable bonds is 5. The van der Waals surface area contributed by atoms with E-state index in [2.05, 4.69) is 19.2 Å². The number of carbonyl (C=O) groups excluding carboxylic acids is 2. The Bertz CT molecular complexity index is 976. The van der Waals surface area contributed by atoms with Crippen LogP contribution in [0, 0.1) is 13.8 Å². The highest BCUT2D eigenvalue weighted by Crippen LogP contribution is 2.36. The van der Waals surface area contributed by atoms with Crippen molar-refractivity contribution in [1.29, 1.82) is 0 Å². The van der Waals surface area contributed by atoms with Crippen LogP contribution in [0.15, 0.2) is 30.3 Å². The van der Waals surface area contributed by atoms with Gasteiger partial charge in [-0.3, -0.25) is 9.59 Å². The Morgan fingerprint density at radius 1 is 0.935 bits per heavy atom. The lowest BCUT2D eigenvalue weighted by Gasteiger charge is -2.39. The number of nitrogens with one attached hydrogen (secondary N) is 1. The normalized spacial score (nSPS) is 18.5. The molecule has 1 saturated heterocycles. The van der Waals surface area contributed by atoms with Gasteiger partial charge < -0.3 is 19.7 Å². The molecule has 6 heteroatoms. The summed E-state index contributed by atoms with van der Waals surface area (Å²) >= 11 is 0. The fourth-order valence-corrected chi connectivity index (χ4v) is 4.38. The van der Waals surface area contributed by atoms with Crippen LogP contribution in [0.25, 0.3) is 0 Å². The predicted molar refractivity (Wildman–Crippen MR) is 122 cm³/mol. The molecule has 2 amide bonds. The van der Waals surface area contributed by atoms with Crippen molar-refractivity contribution in [2.24, 2.45) is 0 Å². The maximum absolute atomic E-state index is 13.6. The number of ether oxygens (including phenoxy) is 2. The van der Waals surface area contributed by atoms with E-state index in [1.807, 2.05) is 30.9 Å². The van der Waals surface area contributed by atoms with E-state index in [1.54, 1.807) is 18.2 Å². The summed E-state index contributed by atoms with van der Waals surface area (Å²) in [6, 6.07) is 9.25. The van der Waals surface area contributed by atoms with Crippen LogP contribution in [0.5, 0.6) is 11.5 Å². The van der Waals surface area contributed by atoms with Crippen molar-refractivity contribution >= 4 is 17.5 Å². The molecule has 6 nitrogen and oxygen atoms in total. The molecule has 1 fully saturated rings. The highest BCUT2D eigenvalue weighted by atomic mass is 16.5. The summed E-state index contributed by atoms with van der Waals surface area (Å²) in [4.78, 5) is 28.6. The van der Waals surface area contributed by atoms with Crippen LogP contribution in [0.2, 0.25) is 0 Å². The summed E-state index contributed by atoms with van der Waals surface area (Å²) in [5.41, 5.74) is 3.35. The number of benzene rings is 2. The Hall–Kier alpha value is -3.02. The number of methoxy groups -OCH3 is 2. The molecule has 1 N–H and O–H groups in total. The average molecular weight is 425 g/mol. The Balaban J connectivity index is 2.03. The van der Waals surface area contributed by atoms with Gasteiger partial charge in [-0.2, -0.15) is 0 Å². The number of likely N-dealkylation sites (tertiary alicyclic amines) is 1. The molecule has 166 valence electrons. The molecule has 0 bridgehead atoms. The molecule has 0 aliphatic carbocycles. The molecular formula is C25H32N2O4. The number of hydrogen-bond acceptors (Lipinski definition) is 4. The van der Waals surface area contributed by atoms with Gasteiger partial charge in [0.1, 0.15) is 0 Å². The lowest BCUT2D eigenvalue weighted by atomic mass is 9.96. The van der Waals surface area contributed by atoms with Crippen molar-refractivity contribution in [3.05, 3.63) is 52.6 Å². The van der Waals surface area contributed by atoms with Crippen LogP contribution < -0.4 is 14.8 Å². The fraction of sp³-hybridized carbons (Fsp3) is 0.440. The van der Waals surface area contributed by atoms with Crippen LogP contribution in [-0.4, -0.2) is 43.0 Å². The van der Waals surface area contributed by atoms with Gasteiger partial charge in [0.25, 0.3) is 11.8 Å². The molecule has 1 heterocycles. The van der Waals surface area contributed by atoms with E-state index in [0.717, 1.165) is 30.4 Å². The molecule has 0 saturated carbocycles. The second kappa shape index (κ2) is 9.41. The fourth-order valence-electron chi connectivity index (χ4n) is 4.38. The summed E-state index contributed by atoms with van der Waals surface area (Å²) in [7, 11) is 3.07. The number of anilines is 1. The van der Waals surface area contributed by atoms with E-state index in [4.69, 9.17) is 9.47 Å². The first kappa shape index (κ1) is 22.7. The number of carbonyl (C=O) groups is 2. The Kier molecular flexibility index (Phi) is 6.88. The average Bonchev–Trinajstić information content (AvgIpc) is 2.72. The maximum Gasteiger partial charge on any atom is 0.256 e. The van der Waals surface area contributed by atoms with Crippen LogP contribution in [0.1, 0.15) is 65.0 Å². The van der Waals surface area contributed by atoms with E-state index in [-0.39, 0.29) is 23.9 Å². The molecule has 0 unspecified atom stereocenters. The van der Waals surface area contributed by atoms with Crippen molar-refractivity contribution in [2.45, 2.75) is 59.0 Å². The smallest absolute Gasteiger partial charge is 0.256 e. The van der Waals surface area contributed by atoms with Crippen LogP contribution in [0.3, 0.4) is 0 Å². The third kappa shape index (κ3) is 4.68. The lowest BCUT2D eigenvalue weighted by molar-refractivity contribution is 0.0511.